The molecule has 0 aromatic rings. The van der Waals surface area contributed by atoms with Crippen LogP contribution in [0.15, 0.2) is 0 Å². The van der Waals surface area contributed by atoms with Gasteiger partial charge in [-0.3, -0.25) is 4.39 Å². The maximum atomic E-state index is 10.7. The minimum Gasteiger partial charge on any atom is -0.303 e. The maximum absolute atomic E-state index is 10.7. The zero-order valence-electron chi connectivity index (χ0n) is 4.99. The Hall–Kier alpha value is 0.0400. The minimum absolute atomic E-state index is 0.181. The van der Waals surface area contributed by atoms with E-state index < -0.39 is 7.82 Å². The second-order valence-electron chi connectivity index (χ2n) is 1.20. The monoisotopic (exact) mass is 160 g/mol. The highest BCUT2D eigenvalue weighted by atomic mass is 31.2. The zero-order chi connectivity index (χ0) is 7.91. The molecule has 0 atom stereocenters. The lowest BCUT2D eigenvalue weighted by molar-refractivity contribution is 0.275. The number of hydrogen-bond donors (Lipinski definition) is 3. The molecule has 6 heteroatoms. The van der Waals surface area contributed by atoms with Crippen molar-refractivity contribution in [2.24, 2.45) is 0 Å². The van der Waals surface area contributed by atoms with Crippen LogP contribution in [0.4, 0.5) is 4.39 Å². The third kappa shape index (κ3) is 271. The van der Waals surface area contributed by atoms with Crippen molar-refractivity contribution in [3.8, 4) is 0 Å². The standard InChI is InChI=1S/C3H7F.H3O4P/c1-2-3-4;1-5(2,3)4/h2-3H2,1H3;(H3,1,2,3,4). The third-order valence-electron chi connectivity index (χ3n) is 0.189. The highest BCUT2D eigenvalue weighted by Gasteiger charge is 2.00. The van der Waals surface area contributed by atoms with Crippen molar-refractivity contribution in [2.75, 3.05) is 6.67 Å². The molecule has 0 aromatic carbocycles. The molecule has 0 aromatic heterocycles. The van der Waals surface area contributed by atoms with Crippen LogP contribution in [0.1, 0.15) is 13.3 Å². The van der Waals surface area contributed by atoms with Crippen molar-refractivity contribution in [2.45, 2.75) is 13.3 Å². The second-order valence-corrected chi connectivity index (χ2v) is 2.23. The molecule has 0 amide bonds. The molecule has 58 valence electrons. The number of phosphoric acid groups is 1. The highest BCUT2D eigenvalue weighted by Crippen LogP contribution is 2.25. The quantitative estimate of drug-likeness (QED) is 0.486. The molecule has 0 aliphatic carbocycles. The van der Waals surface area contributed by atoms with Crippen molar-refractivity contribution in [1.82, 2.24) is 0 Å². The van der Waals surface area contributed by atoms with Crippen LogP contribution in [0.2, 0.25) is 0 Å². The zero-order valence-corrected chi connectivity index (χ0v) is 5.88. The molecule has 0 saturated carbocycles. The van der Waals surface area contributed by atoms with Gasteiger partial charge in [0.2, 0.25) is 0 Å². The van der Waals surface area contributed by atoms with Crippen molar-refractivity contribution in [1.29, 1.82) is 0 Å². The van der Waals surface area contributed by atoms with Gasteiger partial charge in [-0.1, -0.05) is 6.92 Å². The topological polar surface area (TPSA) is 77.8 Å². The fraction of sp³-hybridized carbons (Fsp3) is 1.00. The van der Waals surface area contributed by atoms with Gasteiger partial charge in [0.1, 0.15) is 0 Å². The smallest absolute Gasteiger partial charge is 0.303 e. The largest absolute Gasteiger partial charge is 0.466 e. The van der Waals surface area contributed by atoms with Crippen LogP contribution in [-0.2, 0) is 4.57 Å². The molecular weight excluding hydrogens is 150 g/mol. The Morgan fingerprint density at radius 2 is 1.56 bits per heavy atom. The molecule has 0 radical (unpaired) electrons. The van der Waals surface area contributed by atoms with Gasteiger partial charge < -0.3 is 14.7 Å². The van der Waals surface area contributed by atoms with E-state index in [-0.39, 0.29) is 6.67 Å². The van der Waals surface area contributed by atoms with Crippen molar-refractivity contribution >= 4 is 7.82 Å². The van der Waals surface area contributed by atoms with Gasteiger partial charge in [-0.15, -0.1) is 0 Å². The van der Waals surface area contributed by atoms with Gasteiger partial charge in [0.05, 0.1) is 6.67 Å². The molecule has 0 fully saturated rings. The van der Waals surface area contributed by atoms with Gasteiger partial charge >= 0.3 is 7.82 Å². The summed E-state index contributed by atoms with van der Waals surface area (Å²) >= 11 is 0. The first-order valence-corrected chi connectivity index (χ1v) is 3.82. The van der Waals surface area contributed by atoms with E-state index in [4.69, 9.17) is 19.2 Å². The predicted octanol–water partition coefficient (Wildman–Crippen LogP) is 0.437. The Morgan fingerprint density at radius 3 is 1.56 bits per heavy atom. The number of halogens is 1. The van der Waals surface area contributed by atoms with E-state index in [9.17, 15) is 4.39 Å². The molecule has 0 spiro atoms. The lowest BCUT2D eigenvalue weighted by atomic mass is 10.6. The van der Waals surface area contributed by atoms with Gasteiger partial charge in [-0.05, 0) is 6.42 Å². The van der Waals surface area contributed by atoms with Gasteiger partial charge in [0.25, 0.3) is 0 Å². The Balaban J connectivity index is 0. The first-order valence-electron chi connectivity index (χ1n) is 2.26. The first kappa shape index (κ1) is 11.8. The van der Waals surface area contributed by atoms with Crippen molar-refractivity contribution in [3.05, 3.63) is 0 Å². The fourth-order valence-electron chi connectivity index (χ4n) is 0. The van der Waals surface area contributed by atoms with Crippen LogP contribution in [0.25, 0.3) is 0 Å². The van der Waals surface area contributed by atoms with Crippen molar-refractivity contribution < 1.29 is 23.6 Å². The molecule has 0 heterocycles. The fourth-order valence-corrected chi connectivity index (χ4v) is 0. The van der Waals surface area contributed by atoms with Crippen molar-refractivity contribution in [3.63, 3.8) is 0 Å². The summed E-state index contributed by atoms with van der Waals surface area (Å²) in [7, 11) is -4.64. The molecule has 0 aliphatic heterocycles. The maximum Gasteiger partial charge on any atom is 0.466 e. The summed E-state index contributed by atoms with van der Waals surface area (Å²) in [5, 5.41) is 0. The van der Waals surface area contributed by atoms with Crippen LogP contribution < -0.4 is 0 Å². The van der Waals surface area contributed by atoms with Gasteiger partial charge in [-0.25, -0.2) is 4.57 Å². The lowest BCUT2D eigenvalue weighted by Gasteiger charge is -1.82. The molecule has 0 aliphatic rings. The van der Waals surface area contributed by atoms with E-state index in [2.05, 4.69) is 0 Å². The van der Waals surface area contributed by atoms with Gasteiger partial charge in [-0.2, -0.15) is 0 Å². The number of hydrogen-bond acceptors (Lipinski definition) is 1. The van der Waals surface area contributed by atoms with E-state index in [0.29, 0.717) is 6.42 Å². The van der Waals surface area contributed by atoms with E-state index >= 15 is 0 Å². The summed E-state index contributed by atoms with van der Waals surface area (Å²) in [5.41, 5.74) is 0. The van der Waals surface area contributed by atoms with Crippen LogP contribution >= 0.6 is 7.82 Å². The SMILES string of the molecule is CCCF.O=P(O)(O)O. The van der Waals surface area contributed by atoms with E-state index in [1.165, 1.54) is 0 Å². The van der Waals surface area contributed by atoms with Gasteiger partial charge in [0.15, 0.2) is 0 Å². The Kier molecular flexibility index (Phi) is 8.08. The Morgan fingerprint density at radius 1 is 1.44 bits per heavy atom. The molecule has 0 unspecified atom stereocenters. The van der Waals surface area contributed by atoms with Crippen LogP contribution in [-0.4, -0.2) is 21.4 Å². The average molecular weight is 160 g/mol. The summed E-state index contributed by atoms with van der Waals surface area (Å²) < 4.78 is 19.6. The molecule has 9 heavy (non-hydrogen) atoms. The molecule has 0 bridgehead atoms. The molecule has 3 N–H and O–H groups in total. The third-order valence-corrected chi connectivity index (χ3v) is 0.189. The summed E-state index contributed by atoms with van der Waals surface area (Å²) in [5.74, 6) is 0. The van der Waals surface area contributed by atoms with Crippen LogP contribution in [0, 0.1) is 0 Å². The normalized spacial score (nSPS) is 9.89. The number of alkyl halides is 1. The summed E-state index contributed by atoms with van der Waals surface area (Å²) in [4.78, 5) is 21.6. The van der Waals surface area contributed by atoms with Gasteiger partial charge in [0, 0.05) is 0 Å². The predicted molar refractivity (Wildman–Crippen MR) is 30.5 cm³/mol. The second kappa shape index (κ2) is 6.16. The first-order chi connectivity index (χ1) is 3.91. The lowest BCUT2D eigenvalue weighted by Crippen LogP contribution is -1.66. The molecule has 0 rings (SSSR count). The molecular formula is C3H10FO4P. The summed E-state index contributed by atoms with van der Waals surface area (Å²) in [6.45, 7) is 1.62. The summed E-state index contributed by atoms with van der Waals surface area (Å²) in [6.07, 6.45) is 0.653. The number of rotatable bonds is 1. The average Bonchev–Trinajstić information content (AvgIpc) is 1.61. The van der Waals surface area contributed by atoms with Crippen LogP contribution in [0.3, 0.4) is 0 Å². The van der Waals surface area contributed by atoms with E-state index in [1.807, 2.05) is 0 Å². The Labute approximate surface area is 52.6 Å². The Bertz CT molecular complexity index is 79.5. The minimum atomic E-state index is -4.64. The van der Waals surface area contributed by atoms with E-state index in [0.717, 1.165) is 0 Å². The molecule has 4 nitrogen and oxygen atoms in total. The van der Waals surface area contributed by atoms with E-state index in [1.54, 1.807) is 6.92 Å². The summed E-state index contributed by atoms with van der Waals surface area (Å²) in [6, 6.07) is 0. The van der Waals surface area contributed by atoms with Crippen LogP contribution in [0.5, 0.6) is 0 Å². The molecule has 0 saturated heterocycles. The highest BCUT2D eigenvalue weighted by molar-refractivity contribution is 7.45.